The van der Waals surface area contributed by atoms with E-state index in [4.69, 9.17) is 16.3 Å². The van der Waals surface area contributed by atoms with Crippen molar-refractivity contribution in [3.63, 3.8) is 0 Å². The molecule has 176 valence electrons. The molecule has 3 fully saturated rings. The summed E-state index contributed by atoms with van der Waals surface area (Å²) in [6.07, 6.45) is 2.96. The van der Waals surface area contributed by atoms with Crippen LogP contribution in [0.15, 0.2) is 36.5 Å². The second-order valence-corrected chi connectivity index (χ2v) is 10.8. The minimum absolute atomic E-state index is 0.318. The van der Waals surface area contributed by atoms with Crippen molar-refractivity contribution in [3.8, 4) is 5.69 Å². The van der Waals surface area contributed by atoms with Crippen molar-refractivity contribution >= 4 is 23.4 Å². The van der Waals surface area contributed by atoms with Gasteiger partial charge < -0.3 is 14.5 Å². The molecule has 4 aliphatic heterocycles. The number of anilines is 2. The smallest absolute Gasteiger partial charge is 0.231 e. The zero-order chi connectivity index (χ0) is 22.9. The van der Waals surface area contributed by atoms with Gasteiger partial charge in [-0.15, -0.1) is 10.2 Å². The summed E-state index contributed by atoms with van der Waals surface area (Å²) >= 11 is 6.41. The van der Waals surface area contributed by atoms with E-state index in [-0.39, 0.29) is 0 Å². The molecule has 1 aromatic carbocycles. The van der Waals surface area contributed by atoms with Crippen molar-refractivity contribution in [1.29, 1.82) is 0 Å². The highest BCUT2D eigenvalue weighted by Gasteiger charge is 2.53. The lowest BCUT2D eigenvalue weighted by atomic mass is 9.73. The molecule has 0 saturated carbocycles. The van der Waals surface area contributed by atoms with Gasteiger partial charge >= 0.3 is 0 Å². The Morgan fingerprint density at radius 3 is 2.68 bits per heavy atom. The van der Waals surface area contributed by atoms with E-state index in [1.165, 1.54) is 11.1 Å². The van der Waals surface area contributed by atoms with E-state index in [2.05, 4.69) is 59.6 Å². The first-order valence-corrected chi connectivity index (χ1v) is 12.4. The fraction of sp³-hybridized carbons (Fsp3) is 0.480. The van der Waals surface area contributed by atoms with E-state index in [0.29, 0.717) is 11.5 Å². The average Bonchev–Trinajstić information content (AvgIpc) is 3.40. The first-order chi connectivity index (χ1) is 16.6. The molecule has 8 nitrogen and oxygen atoms in total. The SMILES string of the molecule is Cc1ccnc(N2CC3(C2)CN(c2nnc4n2-c2ccc(Cl)cc2CN([C@@H]2CCOC2)C4)C3)c1. The quantitative estimate of drug-likeness (QED) is 0.574. The van der Waals surface area contributed by atoms with Gasteiger partial charge in [0.05, 0.1) is 18.8 Å². The zero-order valence-corrected chi connectivity index (χ0v) is 20.1. The number of benzene rings is 1. The van der Waals surface area contributed by atoms with Gasteiger partial charge in [0.25, 0.3) is 0 Å². The van der Waals surface area contributed by atoms with Crippen LogP contribution in [-0.2, 0) is 17.8 Å². The number of hydrogen-bond acceptors (Lipinski definition) is 7. The predicted octanol–water partition coefficient (Wildman–Crippen LogP) is 3.06. The van der Waals surface area contributed by atoms with E-state index in [1.807, 2.05) is 18.3 Å². The van der Waals surface area contributed by atoms with E-state index < -0.39 is 0 Å². The number of fused-ring (bicyclic) bond motifs is 3. The Kier molecular flexibility index (Phi) is 4.66. The van der Waals surface area contributed by atoms with Crippen LogP contribution in [0, 0.1) is 12.3 Å². The molecule has 1 atom stereocenters. The van der Waals surface area contributed by atoms with Gasteiger partial charge in [-0.3, -0.25) is 9.47 Å². The highest BCUT2D eigenvalue weighted by Crippen LogP contribution is 2.44. The molecule has 7 rings (SSSR count). The lowest BCUT2D eigenvalue weighted by molar-refractivity contribution is 0.133. The van der Waals surface area contributed by atoms with E-state index in [0.717, 1.165) is 87.2 Å². The Hall–Kier alpha value is -2.68. The molecule has 1 spiro atoms. The van der Waals surface area contributed by atoms with Gasteiger partial charge in [0.1, 0.15) is 5.82 Å². The van der Waals surface area contributed by atoms with Gasteiger partial charge in [-0.2, -0.15) is 0 Å². The number of rotatable bonds is 3. The average molecular weight is 478 g/mol. The minimum atomic E-state index is 0.318. The standard InChI is InChI=1S/C25H28ClN7O/c1-17-4-6-27-22(8-17)31-13-25(14-31)15-32(16-25)24-29-28-23-11-30(20-5-7-34-12-20)10-18-9-19(26)2-3-21(18)33(23)24/h2-4,6,8-9,20H,5,7,10-16H2,1H3/t20-/m1/s1. The normalized spacial score (nSPS) is 23.3. The maximum Gasteiger partial charge on any atom is 0.231 e. The first-order valence-electron chi connectivity index (χ1n) is 12.0. The van der Waals surface area contributed by atoms with E-state index in [1.54, 1.807) is 0 Å². The number of aryl methyl sites for hydroxylation is 1. The summed E-state index contributed by atoms with van der Waals surface area (Å²) in [7, 11) is 0. The molecule has 0 aliphatic carbocycles. The van der Waals surface area contributed by atoms with Crippen molar-refractivity contribution in [1.82, 2.24) is 24.6 Å². The Balaban J connectivity index is 1.14. The van der Waals surface area contributed by atoms with Gasteiger partial charge in [-0.1, -0.05) is 11.6 Å². The lowest BCUT2D eigenvalue weighted by Crippen LogP contribution is -2.73. The third kappa shape index (κ3) is 3.31. The fourth-order valence-corrected chi connectivity index (χ4v) is 6.20. The summed E-state index contributed by atoms with van der Waals surface area (Å²) < 4.78 is 7.94. The van der Waals surface area contributed by atoms with Crippen molar-refractivity contribution in [3.05, 3.63) is 58.5 Å². The van der Waals surface area contributed by atoms with Gasteiger partial charge in [0.2, 0.25) is 5.95 Å². The van der Waals surface area contributed by atoms with Crippen LogP contribution < -0.4 is 9.80 Å². The first kappa shape index (κ1) is 20.7. The Morgan fingerprint density at radius 2 is 1.88 bits per heavy atom. The van der Waals surface area contributed by atoms with Gasteiger partial charge in [-0.05, 0) is 54.8 Å². The summed E-state index contributed by atoms with van der Waals surface area (Å²) in [5.41, 5.74) is 3.93. The summed E-state index contributed by atoms with van der Waals surface area (Å²) in [5.74, 6) is 3.02. The molecular weight excluding hydrogens is 450 g/mol. The van der Waals surface area contributed by atoms with Crippen molar-refractivity contribution < 1.29 is 4.74 Å². The van der Waals surface area contributed by atoms with Gasteiger partial charge in [-0.25, -0.2) is 4.98 Å². The zero-order valence-electron chi connectivity index (χ0n) is 19.3. The molecule has 3 aromatic rings. The van der Waals surface area contributed by atoms with E-state index in [9.17, 15) is 0 Å². The molecule has 6 heterocycles. The second kappa shape index (κ2) is 7.66. The Bertz CT molecular complexity index is 1240. The number of aromatic nitrogens is 4. The van der Waals surface area contributed by atoms with Crippen LogP contribution in [0.3, 0.4) is 0 Å². The number of pyridine rings is 1. The van der Waals surface area contributed by atoms with Gasteiger partial charge in [0, 0.05) is 62.0 Å². The molecule has 2 aromatic heterocycles. The van der Waals surface area contributed by atoms with Crippen LogP contribution in [0.1, 0.15) is 23.4 Å². The summed E-state index contributed by atoms with van der Waals surface area (Å²) in [6, 6.07) is 10.8. The van der Waals surface area contributed by atoms with Crippen molar-refractivity contribution in [2.75, 3.05) is 49.2 Å². The highest BCUT2D eigenvalue weighted by atomic mass is 35.5. The molecule has 0 radical (unpaired) electrons. The molecular formula is C25H28ClN7O. The van der Waals surface area contributed by atoms with Gasteiger partial charge in [0.15, 0.2) is 5.82 Å². The summed E-state index contributed by atoms with van der Waals surface area (Å²) in [4.78, 5) is 11.8. The minimum Gasteiger partial charge on any atom is -0.380 e. The number of halogens is 1. The highest BCUT2D eigenvalue weighted by molar-refractivity contribution is 6.30. The third-order valence-electron chi connectivity index (χ3n) is 7.75. The topological polar surface area (TPSA) is 62.6 Å². The largest absolute Gasteiger partial charge is 0.380 e. The van der Waals surface area contributed by atoms with Crippen molar-refractivity contribution in [2.45, 2.75) is 32.5 Å². The Morgan fingerprint density at radius 1 is 1.03 bits per heavy atom. The second-order valence-electron chi connectivity index (χ2n) is 10.4. The number of hydrogen-bond donors (Lipinski definition) is 0. The molecule has 4 aliphatic rings. The fourth-order valence-electron chi connectivity index (χ4n) is 6.01. The summed E-state index contributed by atoms with van der Waals surface area (Å²) in [5, 5.41) is 10.1. The van der Waals surface area contributed by atoms with Crippen LogP contribution in [-0.4, -0.2) is 70.1 Å². The van der Waals surface area contributed by atoms with Crippen LogP contribution >= 0.6 is 11.6 Å². The monoisotopic (exact) mass is 477 g/mol. The van der Waals surface area contributed by atoms with Crippen LogP contribution in [0.4, 0.5) is 11.8 Å². The van der Waals surface area contributed by atoms with Crippen LogP contribution in [0.2, 0.25) is 5.02 Å². The molecule has 9 heteroatoms. The molecule has 34 heavy (non-hydrogen) atoms. The maximum absolute atomic E-state index is 6.41. The number of ether oxygens (including phenoxy) is 1. The van der Waals surface area contributed by atoms with E-state index >= 15 is 0 Å². The predicted molar refractivity (Wildman–Crippen MR) is 131 cm³/mol. The molecule has 3 saturated heterocycles. The van der Waals surface area contributed by atoms with Crippen molar-refractivity contribution in [2.24, 2.45) is 5.41 Å². The molecule has 0 unspecified atom stereocenters. The maximum atomic E-state index is 6.41. The van der Waals surface area contributed by atoms with Crippen LogP contribution in [0.25, 0.3) is 5.69 Å². The number of nitrogens with zero attached hydrogens (tertiary/aromatic N) is 7. The van der Waals surface area contributed by atoms with Crippen LogP contribution in [0.5, 0.6) is 0 Å². The summed E-state index contributed by atoms with van der Waals surface area (Å²) in [6.45, 7) is 9.41. The molecule has 0 amide bonds. The lowest BCUT2D eigenvalue weighted by Gasteiger charge is -2.60. The third-order valence-corrected chi connectivity index (χ3v) is 7.98. The Labute approximate surface area is 204 Å². The molecule has 0 bridgehead atoms. The molecule has 0 N–H and O–H groups in total.